The molecule has 1 aromatic heterocycles. The summed E-state index contributed by atoms with van der Waals surface area (Å²) in [5, 5.41) is 2.66. The Morgan fingerprint density at radius 3 is 2.58 bits per heavy atom. The molecule has 0 radical (unpaired) electrons. The topological polar surface area (TPSA) is 91.6 Å². The third-order valence-corrected chi connectivity index (χ3v) is 5.49. The molecule has 26 heavy (non-hydrogen) atoms. The molecular weight excluding hydrogens is 330 g/mol. The van der Waals surface area contributed by atoms with E-state index in [1.54, 1.807) is 0 Å². The fourth-order valence-electron chi connectivity index (χ4n) is 4.06. The van der Waals surface area contributed by atoms with Crippen molar-refractivity contribution in [2.45, 2.75) is 38.3 Å². The Balaban J connectivity index is 1.45. The van der Waals surface area contributed by atoms with Crippen molar-refractivity contribution in [3.05, 3.63) is 30.1 Å². The van der Waals surface area contributed by atoms with Gasteiger partial charge in [0.25, 0.3) is 0 Å². The summed E-state index contributed by atoms with van der Waals surface area (Å²) >= 11 is 0. The van der Waals surface area contributed by atoms with Gasteiger partial charge >= 0.3 is 0 Å². The summed E-state index contributed by atoms with van der Waals surface area (Å²) in [6, 6.07) is 4.70. The molecule has 0 spiro atoms. The average molecular weight is 359 g/mol. The van der Waals surface area contributed by atoms with Crippen molar-refractivity contribution in [1.29, 1.82) is 0 Å². The highest BCUT2D eigenvalue weighted by Crippen LogP contribution is 2.24. The Morgan fingerprint density at radius 1 is 1.15 bits per heavy atom. The summed E-state index contributed by atoms with van der Waals surface area (Å²) in [6.07, 6.45) is 7.90. The molecule has 142 valence electrons. The molecule has 7 heteroatoms. The lowest BCUT2D eigenvalue weighted by Crippen LogP contribution is -2.51. The Kier molecular flexibility index (Phi) is 6.57. The molecular formula is C19H29N5O2. The maximum Gasteiger partial charge on any atom is 0.236 e. The minimum atomic E-state index is -0.493. The second kappa shape index (κ2) is 9.09. The molecule has 2 fully saturated rings. The predicted octanol–water partition coefficient (Wildman–Crippen LogP) is 0.360. The summed E-state index contributed by atoms with van der Waals surface area (Å²) in [4.78, 5) is 32.1. The van der Waals surface area contributed by atoms with Gasteiger partial charge in [0.2, 0.25) is 11.8 Å². The van der Waals surface area contributed by atoms with Crippen molar-refractivity contribution in [3.8, 4) is 0 Å². The number of hydrogen-bond acceptors (Lipinski definition) is 5. The van der Waals surface area contributed by atoms with Crippen LogP contribution in [0.4, 0.5) is 0 Å². The van der Waals surface area contributed by atoms with Gasteiger partial charge in [-0.1, -0.05) is 0 Å². The lowest BCUT2D eigenvalue weighted by molar-refractivity contribution is -0.129. The van der Waals surface area contributed by atoms with E-state index < -0.39 is 5.91 Å². The molecule has 2 saturated heterocycles. The number of hydrogen-bond donors (Lipinski definition) is 2. The highest BCUT2D eigenvalue weighted by atomic mass is 16.2. The number of nitrogens with one attached hydrogen (secondary N) is 1. The summed E-state index contributed by atoms with van der Waals surface area (Å²) in [5.41, 5.74) is 6.42. The van der Waals surface area contributed by atoms with Gasteiger partial charge in [0, 0.05) is 31.5 Å². The molecule has 3 heterocycles. The molecule has 3 N–H and O–H groups in total. The zero-order chi connectivity index (χ0) is 18.4. The monoisotopic (exact) mass is 359 g/mol. The van der Waals surface area contributed by atoms with Gasteiger partial charge in [-0.15, -0.1) is 0 Å². The molecule has 3 rings (SSSR count). The maximum absolute atomic E-state index is 12.2. The number of likely N-dealkylation sites (tertiary alicyclic amines) is 2. The molecule has 2 aliphatic heterocycles. The fraction of sp³-hybridized carbons (Fsp3) is 0.632. The largest absolute Gasteiger partial charge is 0.368 e. The van der Waals surface area contributed by atoms with Gasteiger partial charge in [-0.25, -0.2) is 0 Å². The maximum atomic E-state index is 12.2. The predicted molar refractivity (Wildman–Crippen MR) is 99.0 cm³/mol. The zero-order valence-electron chi connectivity index (χ0n) is 15.3. The molecule has 0 unspecified atom stereocenters. The molecule has 1 atom stereocenters. The SMILES string of the molecule is NC(=O)CNC(=O)[C@H]1CCCN(C2CCN(Cc3ccncc3)CC2)C1. The summed E-state index contributed by atoms with van der Waals surface area (Å²) in [6.45, 7) is 4.94. The number of nitrogens with two attached hydrogens (primary N) is 1. The van der Waals surface area contributed by atoms with Crippen LogP contribution in [0.3, 0.4) is 0 Å². The van der Waals surface area contributed by atoms with Crippen LogP contribution in [0.1, 0.15) is 31.2 Å². The van der Waals surface area contributed by atoms with Crippen LogP contribution in [0, 0.1) is 5.92 Å². The van der Waals surface area contributed by atoms with Crippen LogP contribution in [-0.4, -0.2) is 65.4 Å². The molecule has 0 bridgehead atoms. The third-order valence-electron chi connectivity index (χ3n) is 5.49. The summed E-state index contributed by atoms with van der Waals surface area (Å²) in [7, 11) is 0. The first kappa shape index (κ1) is 18.8. The van der Waals surface area contributed by atoms with Crippen molar-refractivity contribution in [2.24, 2.45) is 11.7 Å². The Labute approximate surface area is 154 Å². The van der Waals surface area contributed by atoms with E-state index in [-0.39, 0.29) is 18.4 Å². The number of amides is 2. The van der Waals surface area contributed by atoms with E-state index in [0.717, 1.165) is 58.4 Å². The second-order valence-electron chi connectivity index (χ2n) is 7.38. The van der Waals surface area contributed by atoms with E-state index >= 15 is 0 Å². The molecule has 0 aromatic carbocycles. The van der Waals surface area contributed by atoms with Crippen LogP contribution in [0.25, 0.3) is 0 Å². The van der Waals surface area contributed by atoms with Crippen molar-refractivity contribution in [2.75, 3.05) is 32.7 Å². The lowest BCUT2D eigenvalue weighted by Gasteiger charge is -2.42. The van der Waals surface area contributed by atoms with E-state index in [1.807, 2.05) is 12.4 Å². The number of carbonyl (C=O) groups excluding carboxylic acids is 2. The van der Waals surface area contributed by atoms with E-state index in [9.17, 15) is 9.59 Å². The minimum Gasteiger partial charge on any atom is -0.368 e. The van der Waals surface area contributed by atoms with Gasteiger partial charge < -0.3 is 11.1 Å². The zero-order valence-corrected chi connectivity index (χ0v) is 15.3. The van der Waals surface area contributed by atoms with Gasteiger partial charge in [0.05, 0.1) is 12.5 Å². The van der Waals surface area contributed by atoms with E-state index in [4.69, 9.17) is 5.73 Å². The first-order chi connectivity index (χ1) is 12.6. The number of pyridine rings is 1. The molecule has 0 saturated carbocycles. The van der Waals surface area contributed by atoms with Crippen molar-refractivity contribution >= 4 is 11.8 Å². The Bertz CT molecular complexity index is 601. The van der Waals surface area contributed by atoms with E-state index in [2.05, 4.69) is 32.2 Å². The van der Waals surface area contributed by atoms with Crippen LogP contribution in [0.5, 0.6) is 0 Å². The van der Waals surface area contributed by atoms with E-state index in [0.29, 0.717) is 6.04 Å². The normalized spacial score (nSPS) is 22.8. The Hall–Kier alpha value is -1.99. The molecule has 2 amide bonds. The number of primary amides is 1. The first-order valence-corrected chi connectivity index (χ1v) is 9.53. The van der Waals surface area contributed by atoms with Gasteiger partial charge in [0.1, 0.15) is 0 Å². The van der Waals surface area contributed by atoms with Gasteiger partial charge in [-0.05, 0) is 63.0 Å². The highest BCUT2D eigenvalue weighted by Gasteiger charge is 2.31. The molecule has 1 aromatic rings. The van der Waals surface area contributed by atoms with Crippen molar-refractivity contribution < 1.29 is 9.59 Å². The summed E-state index contributed by atoms with van der Waals surface area (Å²) < 4.78 is 0. The number of carbonyl (C=O) groups is 2. The molecule has 2 aliphatic rings. The number of rotatable bonds is 6. The highest BCUT2D eigenvalue weighted by molar-refractivity contribution is 5.85. The number of aromatic nitrogens is 1. The van der Waals surface area contributed by atoms with Gasteiger partial charge in [-0.2, -0.15) is 0 Å². The number of nitrogens with zero attached hydrogens (tertiary/aromatic N) is 3. The third kappa shape index (κ3) is 5.25. The van der Waals surface area contributed by atoms with Crippen LogP contribution in [0.2, 0.25) is 0 Å². The molecule has 7 nitrogen and oxygen atoms in total. The second-order valence-corrected chi connectivity index (χ2v) is 7.38. The minimum absolute atomic E-state index is 0.0297. The smallest absolute Gasteiger partial charge is 0.236 e. The van der Waals surface area contributed by atoms with Gasteiger partial charge in [-0.3, -0.25) is 24.4 Å². The van der Waals surface area contributed by atoms with Crippen molar-refractivity contribution in [1.82, 2.24) is 20.1 Å². The van der Waals surface area contributed by atoms with Crippen LogP contribution < -0.4 is 11.1 Å². The van der Waals surface area contributed by atoms with E-state index in [1.165, 1.54) is 5.56 Å². The lowest BCUT2D eigenvalue weighted by atomic mass is 9.93. The van der Waals surface area contributed by atoms with Crippen LogP contribution in [-0.2, 0) is 16.1 Å². The quantitative estimate of drug-likeness (QED) is 0.765. The summed E-state index contributed by atoms with van der Waals surface area (Å²) in [5.74, 6) is -0.561. The van der Waals surface area contributed by atoms with Crippen molar-refractivity contribution in [3.63, 3.8) is 0 Å². The fourth-order valence-corrected chi connectivity index (χ4v) is 4.06. The average Bonchev–Trinajstić information content (AvgIpc) is 2.67. The first-order valence-electron chi connectivity index (χ1n) is 9.53. The standard InChI is InChI=1S/C19H29N5O2/c20-18(25)12-22-19(26)16-2-1-9-24(14-16)17-5-10-23(11-6-17)13-15-3-7-21-8-4-15/h3-4,7-8,16-17H,1-2,5-6,9-14H2,(H2,20,25)(H,22,26)/t16-/m0/s1. The number of piperidine rings is 2. The Morgan fingerprint density at radius 2 is 1.88 bits per heavy atom. The molecule has 0 aliphatic carbocycles. The van der Waals surface area contributed by atoms with Gasteiger partial charge in [0.15, 0.2) is 0 Å². The van der Waals surface area contributed by atoms with Crippen LogP contribution in [0.15, 0.2) is 24.5 Å². The van der Waals surface area contributed by atoms with Crippen LogP contribution >= 0.6 is 0 Å².